The van der Waals surface area contributed by atoms with Gasteiger partial charge in [-0.2, -0.15) is 52.7 Å². The summed E-state index contributed by atoms with van der Waals surface area (Å²) in [7, 11) is 0. The molecule has 0 N–H and O–H groups in total. The molecular formula is C27H30F12O6. The maximum atomic E-state index is 13.6. The Hall–Kier alpha value is -2.78. The summed E-state index contributed by atoms with van der Waals surface area (Å²) >= 11 is 0. The van der Waals surface area contributed by atoms with Crippen LogP contribution in [0.15, 0.2) is 17.2 Å². The SMILES string of the molecule is CC(C)C(C)(CC(C)(C)C)C(=O)OC1C2CC3C(OC(C(F)(F)F)C(F)(F)F)=C=C(OC31)C2C(=O)OC(C(F)(F)F)C(F)(F)F. The van der Waals surface area contributed by atoms with E-state index in [9.17, 15) is 62.3 Å². The molecule has 0 radical (unpaired) electrons. The first-order valence-corrected chi connectivity index (χ1v) is 13.5. The Morgan fingerprint density at radius 1 is 0.844 bits per heavy atom. The predicted octanol–water partition coefficient (Wildman–Crippen LogP) is 7.57. The van der Waals surface area contributed by atoms with Crippen molar-refractivity contribution in [3.8, 4) is 0 Å². The number of rotatable bonds is 8. The summed E-state index contributed by atoms with van der Waals surface area (Å²) in [5.41, 5.74) is 0.0957. The molecule has 3 aliphatic rings. The normalized spacial score (nSPS) is 26.8. The number of halogens is 12. The lowest BCUT2D eigenvalue weighted by molar-refractivity contribution is -0.315. The third kappa shape index (κ3) is 7.62. The molecule has 1 aliphatic carbocycles. The molecule has 3 rings (SSSR count). The fourth-order valence-corrected chi connectivity index (χ4v) is 5.88. The predicted molar refractivity (Wildman–Crippen MR) is 126 cm³/mol. The van der Waals surface area contributed by atoms with E-state index in [4.69, 9.17) is 9.47 Å². The van der Waals surface area contributed by atoms with Gasteiger partial charge >= 0.3 is 36.6 Å². The van der Waals surface area contributed by atoms with Crippen LogP contribution in [0, 0.1) is 34.5 Å². The molecule has 3 bridgehead atoms. The number of hydrogen-bond donors (Lipinski definition) is 0. The number of esters is 2. The standard InChI is InChI=1S/C27H30F12O6/c1-10(2)23(6,9-22(3,4)5)21(41)44-17-12-7-11-13(43-19(24(28,29)30)25(31,32)33)8-14(42-16(11)17)15(12)18(40)45-20(26(34,35)36)27(37,38)39/h10-12,15-17,19-20H,7,9H2,1-6H3. The second-order valence-electron chi connectivity index (χ2n) is 13.1. The second kappa shape index (κ2) is 11.5. The molecule has 0 aromatic heterocycles. The van der Waals surface area contributed by atoms with Crippen LogP contribution >= 0.6 is 0 Å². The largest absolute Gasteiger partial charge is 0.481 e. The molecule has 2 fully saturated rings. The van der Waals surface area contributed by atoms with Crippen LogP contribution in [0.4, 0.5) is 52.7 Å². The molecular weight excluding hydrogens is 648 g/mol. The van der Waals surface area contributed by atoms with Crippen LogP contribution in [0.25, 0.3) is 0 Å². The summed E-state index contributed by atoms with van der Waals surface area (Å²) in [5, 5.41) is 0. The summed E-state index contributed by atoms with van der Waals surface area (Å²) in [4.78, 5) is 26.5. The monoisotopic (exact) mass is 678 g/mol. The van der Waals surface area contributed by atoms with Gasteiger partial charge in [0, 0.05) is 5.92 Å². The number of alkyl halides is 12. The lowest BCUT2D eigenvalue weighted by Crippen LogP contribution is -2.52. The van der Waals surface area contributed by atoms with Crippen LogP contribution in [-0.2, 0) is 28.5 Å². The fourth-order valence-electron chi connectivity index (χ4n) is 5.88. The van der Waals surface area contributed by atoms with Gasteiger partial charge in [0.15, 0.2) is 5.76 Å². The van der Waals surface area contributed by atoms with Crippen LogP contribution in [0.1, 0.15) is 54.4 Å². The van der Waals surface area contributed by atoms with Crippen molar-refractivity contribution < 1.29 is 81.2 Å². The molecule has 6 unspecified atom stereocenters. The van der Waals surface area contributed by atoms with Crippen LogP contribution in [0.3, 0.4) is 0 Å². The third-order valence-corrected chi connectivity index (χ3v) is 8.03. The van der Waals surface area contributed by atoms with Crippen LogP contribution in [0.2, 0.25) is 0 Å². The minimum atomic E-state index is -6.15. The van der Waals surface area contributed by atoms with E-state index in [1.807, 2.05) is 5.73 Å². The van der Waals surface area contributed by atoms with E-state index in [-0.39, 0.29) is 6.42 Å². The summed E-state index contributed by atoms with van der Waals surface area (Å²) in [6.45, 7) is 10.2. The Morgan fingerprint density at radius 2 is 1.33 bits per heavy atom. The summed E-state index contributed by atoms with van der Waals surface area (Å²) in [6, 6.07) is 0. The highest BCUT2D eigenvalue weighted by Crippen LogP contribution is 2.55. The first-order valence-electron chi connectivity index (χ1n) is 13.5. The first-order chi connectivity index (χ1) is 20.0. The molecule has 258 valence electrons. The fraction of sp³-hybridized carbons (Fsp3) is 0.815. The summed E-state index contributed by atoms with van der Waals surface area (Å²) in [6.07, 6.45) is -37.2. The molecule has 18 heteroatoms. The van der Waals surface area contributed by atoms with Crippen LogP contribution in [-0.4, -0.2) is 61.1 Å². The van der Waals surface area contributed by atoms with Gasteiger partial charge in [-0.25, -0.2) is 0 Å². The van der Waals surface area contributed by atoms with E-state index in [2.05, 4.69) is 9.47 Å². The number of carbonyl (C=O) groups excluding carboxylic acids is 2. The molecule has 0 aromatic rings. The summed E-state index contributed by atoms with van der Waals surface area (Å²) in [5.74, 6) is -11.3. The first kappa shape index (κ1) is 36.7. The zero-order chi connectivity index (χ0) is 34.9. The highest BCUT2D eigenvalue weighted by Gasteiger charge is 2.66. The second-order valence-corrected chi connectivity index (χ2v) is 13.1. The number of hydrogen-bond acceptors (Lipinski definition) is 6. The van der Waals surface area contributed by atoms with Crippen molar-refractivity contribution in [3.63, 3.8) is 0 Å². The van der Waals surface area contributed by atoms with Crippen LogP contribution < -0.4 is 0 Å². The Labute approximate surface area is 249 Å². The van der Waals surface area contributed by atoms with Crippen LogP contribution in [0.5, 0.6) is 0 Å². The van der Waals surface area contributed by atoms with Crippen molar-refractivity contribution in [2.24, 2.45) is 34.5 Å². The van der Waals surface area contributed by atoms with Gasteiger partial charge in [0.2, 0.25) is 0 Å². The van der Waals surface area contributed by atoms with Crippen molar-refractivity contribution in [3.05, 3.63) is 17.2 Å². The Balaban J connectivity index is 2.10. The molecule has 1 saturated carbocycles. The van der Waals surface area contributed by atoms with Gasteiger partial charge in [-0.15, -0.1) is 0 Å². The lowest BCUT2D eigenvalue weighted by atomic mass is 9.68. The number of fused-ring (bicyclic) bond motifs is 2. The maximum absolute atomic E-state index is 13.6. The average Bonchev–Trinajstić information content (AvgIpc) is 2.96. The molecule has 2 aliphatic heterocycles. The van der Waals surface area contributed by atoms with Gasteiger partial charge in [0.05, 0.1) is 11.3 Å². The van der Waals surface area contributed by atoms with E-state index in [0.717, 1.165) is 0 Å². The number of ether oxygens (including phenoxy) is 4. The molecule has 0 aromatic carbocycles. The zero-order valence-electron chi connectivity index (χ0n) is 24.5. The van der Waals surface area contributed by atoms with E-state index in [0.29, 0.717) is 0 Å². The quantitative estimate of drug-likeness (QED) is 0.150. The van der Waals surface area contributed by atoms with E-state index < -0.39 is 114 Å². The Kier molecular flexibility index (Phi) is 9.36. The minimum Gasteiger partial charge on any atom is -0.481 e. The Bertz CT molecular complexity index is 1190. The highest BCUT2D eigenvalue weighted by molar-refractivity contribution is 5.79. The van der Waals surface area contributed by atoms with Gasteiger partial charge in [0.1, 0.15) is 23.9 Å². The zero-order valence-corrected chi connectivity index (χ0v) is 24.5. The molecule has 1 saturated heterocycles. The van der Waals surface area contributed by atoms with Crippen molar-refractivity contribution in [2.75, 3.05) is 0 Å². The molecule has 45 heavy (non-hydrogen) atoms. The van der Waals surface area contributed by atoms with E-state index >= 15 is 0 Å². The van der Waals surface area contributed by atoms with Crippen molar-refractivity contribution in [1.82, 2.24) is 0 Å². The molecule has 2 heterocycles. The molecule has 6 atom stereocenters. The van der Waals surface area contributed by atoms with Crippen molar-refractivity contribution >= 4 is 11.9 Å². The van der Waals surface area contributed by atoms with Gasteiger partial charge in [0.25, 0.3) is 12.2 Å². The molecule has 0 amide bonds. The maximum Gasteiger partial charge on any atom is 0.434 e. The van der Waals surface area contributed by atoms with Crippen molar-refractivity contribution in [2.45, 2.75) is 104 Å². The Morgan fingerprint density at radius 3 is 1.76 bits per heavy atom. The molecule has 6 nitrogen and oxygen atoms in total. The minimum absolute atomic E-state index is 0.186. The smallest absolute Gasteiger partial charge is 0.434 e. The highest BCUT2D eigenvalue weighted by atomic mass is 19.4. The van der Waals surface area contributed by atoms with Gasteiger partial charge in [-0.3, -0.25) is 9.59 Å². The van der Waals surface area contributed by atoms with Gasteiger partial charge < -0.3 is 18.9 Å². The van der Waals surface area contributed by atoms with Crippen molar-refractivity contribution in [1.29, 1.82) is 0 Å². The third-order valence-electron chi connectivity index (χ3n) is 8.03. The summed E-state index contributed by atoms with van der Waals surface area (Å²) < 4.78 is 178. The van der Waals surface area contributed by atoms with Gasteiger partial charge in [-0.05, 0) is 36.8 Å². The number of carbonyl (C=O) groups is 2. The lowest BCUT2D eigenvalue weighted by Gasteiger charge is -2.42. The van der Waals surface area contributed by atoms with E-state index in [1.54, 1.807) is 34.6 Å². The molecule has 0 spiro atoms. The average molecular weight is 679 g/mol. The topological polar surface area (TPSA) is 71.1 Å². The van der Waals surface area contributed by atoms with E-state index in [1.165, 1.54) is 6.92 Å². The van der Waals surface area contributed by atoms with Gasteiger partial charge in [-0.1, -0.05) is 34.6 Å².